The summed E-state index contributed by atoms with van der Waals surface area (Å²) in [4.78, 5) is 34.2. The summed E-state index contributed by atoms with van der Waals surface area (Å²) in [6.07, 6.45) is 10.7. The Kier molecular flexibility index (Phi) is 7.68. The third-order valence-corrected chi connectivity index (χ3v) is 11.6. The van der Waals surface area contributed by atoms with E-state index in [4.69, 9.17) is 4.99 Å². The maximum atomic E-state index is 13.9. The minimum atomic E-state index is -0.571. The van der Waals surface area contributed by atoms with E-state index in [9.17, 15) is 14.7 Å². The van der Waals surface area contributed by atoms with Crippen molar-refractivity contribution in [2.45, 2.75) is 57.8 Å². The smallest absolute Gasteiger partial charge is 0.333 e. The molecule has 2 aliphatic heterocycles. The Bertz CT molecular complexity index is 2640. The Labute approximate surface area is 303 Å². The fourth-order valence-electron chi connectivity index (χ4n) is 8.84. The molecule has 1 N–H and O–H groups in total. The number of likely N-dealkylation sites (N-methyl/N-ethyl adjacent to an activating group) is 1. The molecule has 0 fully saturated rings. The zero-order chi connectivity index (χ0) is 36.7. The van der Waals surface area contributed by atoms with Crippen LogP contribution in [-0.4, -0.2) is 27.0 Å². The van der Waals surface area contributed by atoms with Crippen molar-refractivity contribution in [2.24, 2.45) is 19.1 Å². The molecule has 7 heteroatoms. The third kappa shape index (κ3) is 4.89. The van der Waals surface area contributed by atoms with Crippen LogP contribution in [0.1, 0.15) is 63.6 Å². The average molecular weight is 689 g/mol. The highest BCUT2D eigenvalue weighted by Crippen LogP contribution is 2.50. The fraction of sp³-hybridized carbons (Fsp3) is 0.267. The van der Waals surface area contributed by atoms with Crippen LogP contribution in [0.25, 0.3) is 27.1 Å². The largest absolute Gasteiger partial charge is 0.494 e. The summed E-state index contributed by atoms with van der Waals surface area (Å²) in [6, 6.07) is 25.5. The van der Waals surface area contributed by atoms with Gasteiger partial charge in [-0.2, -0.15) is 0 Å². The number of hydrogen-bond acceptors (Lipinski definition) is 5. The number of aromatic hydroxyl groups is 1. The van der Waals surface area contributed by atoms with Crippen molar-refractivity contribution >= 4 is 44.2 Å². The quantitative estimate of drug-likeness (QED) is 0.205. The first kappa shape index (κ1) is 33.5. The molecule has 5 aromatic rings. The zero-order valence-corrected chi connectivity index (χ0v) is 30.9. The highest BCUT2D eigenvalue weighted by molar-refractivity contribution is 6.12. The molecule has 0 radical (unpaired) electrons. The van der Waals surface area contributed by atoms with Gasteiger partial charge in [0.05, 0.1) is 11.4 Å². The van der Waals surface area contributed by atoms with E-state index >= 15 is 0 Å². The number of aliphatic imine (C=N–C) groups is 1. The molecule has 52 heavy (non-hydrogen) atoms. The average Bonchev–Trinajstić information content (AvgIpc) is 3.52. The molecule has 0 atom stereocenters. The topological polar surface area (TPSA) is 79.8 Å². The molecule has 1 aliphatic carbocycles. The molecule has 1 aromatic heterocycles. The second-order valence-corrected chi connectivity index (χ2v) is 15.4. The summed E-state index contributed by atoms with van der Waals surface area (Å²) in [6.45, 7) is 8.94. The fourth-order valence-corrected chi connectivity index (χ4v) is 8.84. The van der Waals surface area contributed by atoms with Crippen molar-refractivity contribution in [3.8, 4) is 5.88 Å². The van der Waals surface area contributed by atoms with Crippen molar-refractivity contribution in [1.82, 2.24) is 9.13 Å². The van der Waals surface area contributed by atoms with E-state index in [1.54, 1.807) is 0 Å². The Morgan fingerprint density at radius 2 is 1.38 bits per heavy atom. The molecule has 0 saturated carbocycles. The van der Waals surface area contributed by atoms with Crippen molar-refractivity contribution in [2.75, 3.05) is 11.9 Å². The summed E-state index contributed by atoms with van der Waals surface area (Å²) in [5.74, 6) is -0.330. The van der Waals surface area contributed by atoms with E-state index in [-0.39, 0.29) is 22.3 Å². The molecule has 262 valence electrons. The van der Waals surface area contributed by atoms with Crippen LogP contribution in [0.15, 0.2) is 129 Å². The molecule has 0 saturated heterocycles. The SMILES string of the molecule is CN1/C(=C/C=C2\CCCC(/C=C/C3=Nc4ccc5ccccc5c4C3(C)C)=C2c2c(O)n(C)c(=O)n(C)c2=O)C(C)(C)c2c1ccc1ccccc21. The minimum absolute atomic E-state index is 0.142. The van der Waals surface area contributed by atoms with Crippen LogP contribution in [0.5, 0.6) is 5.88 Å². The first-order valence-electron chi connectivity index (χ1n) is 18.0. The number of nitrogens with zero attached hydrogens (tertiary/aromatic N) is 4. The van der Waals surface area contributed by atoms with Crippen LogP contribution < -0.4 is 16.1 Å². The van der Waals surface area contributed by atoms with Gasteiger partial charge in [0.1, 0.15) is 5.56 Å². The summed E-state index contributed by atoms with van der Waals surface area (Å²) in [7, 11) is 5.07. The number of anilines is 1. The molecular formula is C45H44N4O3. The van der Waals surface area contributed by atoms with Crippen molar-refractivity contribution in [3.05, 3.63) is 151 Å². The van der Waals surface area contributed by atoms with Gasteiger partial charge in [-0.05, 0) is 92.9 Å². The third-order valence-electron chi connectivity index (χ3n) is 11.6. The van der Waals surface area contributed by atoms with Crippen LogP contribution in [0, 0.1) is 0 Å². The molecule has 7 nitrogen and oxygen atoms in total. The maximum absolute atomic E-state index is 13.9. The molecule has 3 aliphatic rings. The van der Waals surface area contributed by atoms with Gasteiger partial charge >= 0.3 is 5.69 Å². The van der Waals surface area contributed by atoms with Gasteiger partial charge in [0.15, 0.2) is 0 Å². The van der Waals surface area contributed by atoms with E-state index in [1.165, 1.54) is 52.5 Å². The van der Waals surface area contributed by atoms with Crippen molar-refractivity contribution in [3.63, 3.8) is 0 Å². The molecule has 0 amide bonds. The Morgan fingerprint density at radius 3 is 2.10 bits per heavy atom. The molecule has 3 heterocycles. The number of fused-ring (bicyclic) bond motifs is 6. The highest BCUT2D eigenvalue weighted by atomic mass is 16.3. The lowest BCUT2D eigenvalue weighted by molar-refractivity contribution is 0.409. The number of aromatic nitrogens is 2. The second-order valence-electron chi connectivity index (χ2n) is 15.4. The van der Waals surface area contributed by atoms with Crippen molar-refractivity contribution < 1.29 is 5.11 Å². The van der Waals surface area contributed by atoms with Gasteiger partial charge < -0.3 is 10.0 Å². The van der Waals surface area contributed by atoms with Crippen LogP contribution in [0.3, 0.4) is 0 Å². The van der Waals surface area contributed by atoms with Crippen molar-refractivity contribution in [1.29, 1.82) is 0 Å². The van der Waals surface area contributed by atoms with Gasteiger partial charge in [-0.1, -0.05) is 101 Å². The van der Waals surface area contributed by atoms with E-state index in [2.05, 4.69) is 137 Å². The monoisotopic (exact) mass is 688 g/mol. The van der Waals surface area contributed by atoms with Gasteiger partial charge in [-0.15, -0.1) is 0 Å². The lowest BCUT2D eigenvalue weighted by atomic mass is 9.78. The predicted octanol–water partition coefficient (Wildman–Crippen LogP) is 8.89. The van der Waals surface area contributed by atoms with Gasteiger partial charge in [-0.25, -0.2) is 4.79 Å². The normalized spacial score (nSPS) is 19.4. The number of benzene rings is 4. The molecule has 0 unspecified atom stereocenters. The summed E-state index contributed by atoms with van der Waals surface area (Å²) in [5.41, 5.74) is 7.67. The molecule has 0 bridgehead atoms. The van der Waals surface area contributed by atoms with E-state index in [0.29, 0.717) is 18.4 Å². The number of rotatable bonds is 4. The first-order chi connectivity index (χ1) is 24.8. The Morgan fingerprint density at radius 1 is 0.731 bits per heavy atom. The highest BCUT2D eigenvalue weighted by Gasteiger charge is 2.40. The molecular weight excluding hydrogens is 645 g/mol. The zero-order valence-electron chi connectivity index (χ0n) is 30.9. The van der Waals surface area contributed by atoms with Gasteiger partial charge in [0.2, 0.25) is 5.88 Å². The number of allylic oxidation sites excluding steroid dienone is 8. The first-order valence-corrected chi connectivity index (χ1v) is 18.0. The van der Waals surface area contributed by atoms with Crippen LogP contribution in [0.4, 0.5) is 11.4 Å². The van der Waals surface area contributed by atoms with E-state index in [1.807, 2.05) is 0 Å². The van der Waals surface area contributed by atoms with Crippen LogP contribution >= 0.6 is 0 Å². The molecule has 4 aromatic carbocycles. The summed E-state index contributed by atoms with van der Waals surface area (Å²) < 4.78 is 2.23. The molecule has 0 spiro atoms. The number of hydrogen-bond donors (Lipinski definition) is 1. The van der Waals surface area contributed by atoms with Gasteiger partial charge in [0, 0.05) is 43.4 Å². The van der Waals surface area contributed by atoms with E-state index < -0.39 is 11.2 Å². The Balaban J connectivity index is 1.28. The maximum Gasteiger partial charge on any atom is 0.333 e. The molecule has 8 rings (SSSR count). The lowest BCUT2D eigenvalue weighted by Crippen LogP contribution is -2.38. The van der Waals surface area contributed by atoms with Crippen LogP contribution in [-0.2, 0) is 24.9 Å². The standard InChI is InChI=1S/C45H44N4O3/c1-44(2)35(46-33-23-19-27-13-8-10-17-31(27)39(33)44)25-21-29-15-12-16-30(37(29)38-41(50)48(6)43(52)49(7)42(38)51)22-26-36-45(3,4)40-32-18-11-9-14-28(32)20-24-34(40)47(36)5/h8-11,13-14,17-26,50H,12,15-16H2,1-7H3/b25-21+,30-22+,36-26+. The van der Waals surface area contributed by atoms with Gasteiger partial charge in [-0.3, -0.25) is 18.9 Å². The van der Waals surface area contributed by atoms with Gasteiger partial charge in [0.25, 0.3) is 5.56 Å². The second kappa shape index (κ2) is 11.9. The summed E-state index contributed by atoms with van der Waals surface area (Å²) in [5, 5.41) is 16.3. The Hall–Kier alpha value is -5.69. The van der Waals surface area contributed by atoms with Crippen LogP contribution in [0.2, 0.25) is 0 Å². The predicted molar refractivity (Wildman–Crippen MR) is 214 cm³/mol. The minimum Gasteiger partial charge on any atom is -0.494 e. The van der Waals surface area contributed by atoms with E-state index in [0.717, 1.165) is 43.8 Å². The summed E-state index contributed by atoms with van der Waals surface area (Å²) >= 11 is 0. The lowest BCUT2D eigenvalue weighted by Gasteiger charge is -2.26.